The van der Waals surface area contributed by atoms with Crippen LogP contribution in [0.15, 0.2) is 23.8 Å². The number of carbonyl (C=O) groups is 2. The molecule has 0 atom stereocenters. The van der Waals surface area contributed by atoms with Crippen molar-refractivity contribution in [3.8, 4) is 0 Å². The van der Waals surface area contributed by atoms with Crippen LogP contribution in [0.3, 0.4) is 0 Å². The monoisotopic (exact) mass is 413 g/mol. The number of halogens is 3. The minimum atomic E-state index is -4.50. The first-order valence-electron chi connectivity index (χ1n) is 9.49. The molecule has 2 rings (SSSR count). The summed E-state index contributed by atoms with van der Waals surface area (Å²) in [6, 6.07) is 3.26. The van der Waals surface area contributed by atoms with Gasteiger partial charge in [-0.2, -0.15) is 13.2 Å². The van der Waals surface area contributed by atoms with E-state index in [1.807, 2.05) is 4.90 Å². The van der Waals surface area contributed by atoms with E-state index in [0.29, 0.717) is 37.4 Å². The van der Waals surface area contributed by atoms with E-state index in [9.17, 15) is 22.8 Å². The van der Waals surface area contributed by atoms with E-state index in [1.165, 1.54) is 4.90 Å². The van der Waals surface area contributed by atoms with Gasteiger partial charge >= 0.3 is 6.18 Å². The Kier molecular flexibility index (Phi) is 7.58. The van der Waals surface area contributed by atoms with Gasteiger partial charge in [0, 0.05) is 44.4 Å². The van der Waals surface area contributed by atoms with Crippen LogP contribution in [0.1, 0.15) is 37.7 Å². The Labute approximate surface area is 168 Å². The van der Waals surface area contributed by atoms with E-state index in [1.54, 1.807) is 12.1 Å². The van der Waals surface area contributed by atoms with Gasteiger partial charge in [0.15, 0.2) is 11.5 Å². The third-order valence-electron chi connectivity index (χ3n) is 4.59. The highest BCUT2D eigenvalue weighted by atomic mass is 19.4. The molecular formula is C19H26F3N5O2. The van der Waals surface area contributed by atoms with Crippen LogP contribution in [0.25, 0.3) is 0 Å². The number of amides is 2. The molecule has 1 saturated heterocycles. The molecule has 0 radical (unpaired) electrons. The van der Waals surface area contributed by atoms with E-state index in [-0.39, 0.29) is 24.7 Å². The average Bonchev–Trinajstić information content (AvgIpc) is 2.67. The minimum absolute atomic E-state index is 0.221. The second kappa shape index (κ2) is 9.71. The van der Waals surface area contributed by atoms with E-state index < -0.39 is 17.7 Å². The van der Waals surface area contributed by atoms with Crippen molar-refractivity contribution in [1.82, 2.24) is 20.4 Å². The van der Waals surface area contributed by atoms with Gasteiger partial charge in [0.25, 0.3) is 5.91 Å². The van der Waals surface area contributed by atoms with Gasteiger partial charge in [0.1, 0.15) is 0 Å². The van der Waals surface area contributed by atoms with Crippen LogP contribution in [0.2, 0.25) is 0 Å². The molecule has 0 aliphatic carbocycles. The van der Waals surface area contributed by atoms with Crippen molar-refractivity contribution in [2.45, 2.75) is 33.4 Å². The Morgan fingerprint density at radius 3 is 2.34 bits per heavy atom. The van der Waals surface area contributed by atoms with Crippen molar-refractivity contribution in [3.63, 3.8) is 0 Å². The molecule has 2 heterocycles. The fourth-order valence-electron chi connectivity index (χ4n) is 2.69. The molecule has 0 aromatic carbocycles. The zero-order valence-electron chi connectivity index (χ0n) is 16.8. The summed E-state index contributed by atoms with van der Waals surface area (Å²) in [4.78, 5) is 27.3. The summed E-state index contributed by atoms with van der Waals surface area (Å²) >= 11 is 0. The van der Waals surface area contributed by atoms with Crippen molar-refractivity contribution >= 4 is 17.6 Å². The fourth-order valence-corrected chi connectivity index (χ4v) is 2.69. The smallest absolute Gasteiger partial charge is 0.352 e. The van der Waals surface area contributed by atoms with Crippen LogP contribution < -0.4 is 10.2 Å². The third-order valence-corrected chi connectivity index (χ3v) is 4.59. The second-order valence-electron chi connectivity index (χ2n) is 7.35. The van der Waals surface area contributed by atoms with Crippen LogP contribution in [0.5, 0.6) is 0 Å². The molecule has 1 aromatic heterocycles. The lowest BCUT2D eigenvalue weighted by molar-refractivity contribution is -0.127. The lowest BCUT2D eigenvalue weighted by Crippen LogP contribution is -2.48. The summed E-state index contributed by atoms with van der Waals surface area (Å²) in [6.45, 7) is 6.98. The van der Waals surface area contributed by atoms with Crippen molar-refractivity contribution < 1.29 is 22.8 Å². The molecule has 0 spiro atoms. The second-order valence-corrected chi connectivity index (χ2v) is 7.35. The molecule has 1 aromatic rings. The van der Waals surface area contributed by atoms with Crippen LogP contribution >= 0.6 is 0 Å². The highest BCUT2D eigenvalue weighted by molar-refractivity contribution is 5.92. The van der Waals surface area contributed by atoms with Crippen molar-refractivity contribution in [3.05, 3.63) is 29.5 Å². The highest BCUT2D eigenvalue weighted by Crippen LogP contribution is 2.25. The summed E-state index contributed by atoms with van der Waals surface area (Å²) < 4.78 is 37.7. The van der Waals surface area contributed by atoms with Gasteiger partial charge in [-0.1, -0.05) is 13.8 Å². The molecule has 29 heavy (non-hydrogen) atoms. The van der Waals surface area contributed by atoms with E-state index in [2.05, 4.69) is 29.4 Å². The predicted molar refractivity (Wildman–Crippen MR) is 102 cm³/mol. The molecule has 7 nitrogen and oxygen atoms in total. The summed E-state index contributed by atoms with van der Waals surface area (Å²) in [5.41, 5.74) is -0.697. The number of allylic oxidation sites excluding steroid dienone is 1. The van der Waals surface area contributed by atoms with Gasteiger partial charge in [-0.3, -0.25) is 9.59 Å². The van der Waals surface area contributed by atoms with Gasteiger partial charge in [-0.05, 0) is 31.4 Å². The first-order valence-corrected chi connectivity index (χ1v) is 9.49. The van der Waals surface area contributed by atoms with E-state index >= 15 is 0 Å². The number of hydrogen-bond acceptors (Lipinski definition) is 5. The summed E-state index contributed by atoms with van der Waals surface area (Å²) in [5, 5.41) is 10.8. The Morgan fingerprint density at radius 1 is 1.17 bits per heavy atom. The lowest BCUT2D eigenvalue weighted by Gasteiger charge is -2.34. The number of anilines is 1. The number of hydrogen-bond donors (Lipinski definition) is 1. The molecule has 0 bridgehead atoms. The first kappa shape index (κ1) is 22.6. The zero-order valence-corrected chi connectivity index (χ0v) is 16.8. The van der Waals surface area contributed by atoms with Gasteiger partial charge in [-0.25, -0.2) is 0 Å². The largest absolute Gasteiger partial charge is 0.412 e. The molecule has 0 saturated carbocycles. The predicted octanol–water partition coefficient (Wildman–Crippen LogP) is 2.41. The number of nitrogens with one attached hydrogen (secondary N) is 1. The molecule has 10 heteroatoms. The summed E-state index contributed by atoms with van der Waals surface area (Å²) in [7, 11) is 0. The SMILES string of the molecule is CC(=CC(=O)N1CCN(c2ccc(C(=O)NCCC(C)C)nn2)CC1)C(F)(F)F. The summed E-state index contributed by atoms with van der Waals surface area (Å²) in [6.07, 6.45) is -3.00. The van der Waals surface area contributed by atoms with Crippen molar-refractivity contribution in [2.75, 3.05) is 37.6 Å². The standard InChI is InChI=1S/C19H26F3N5O2/c1-13(2)6-7-23-18(29)15-4-5-16(25-24-15)26-8-10-27(11-9-26)17(28)12-14(3)19(20,21)22/h4-5,12-13H,6-11H2,1-3H3,(H,23,29). The lowest BCUT2D eigenvalue weighted by atomic mass is 10.1. The normalized spacial score (nSPS) is 15.6. The molecule has 1 N–H and O–H groups in total. The quantitative estimate of drug-likeness (QED) is 0.725. The maximum absolute atomic E-state index is 12.6. The molecule has 1 aliphatic heterocycles. The Morgan fingerprint density at radius 2 is 1.83 bits per heavy atom. The zero-order chi connectivity index (χ0) is 21.6. The maximum Gasteiger partial charge on any atom is 0.412 e. The molecule has 2 amide bonds. The number of nitrogens with zero attached hydrogens (tertiary/aromatic N) is 4. The molecule has 1 fully saturated rings. The maximum atomic E-state index is 12.6. The highest BCUT2D eigenvalue weighted by Gasteiger charge is 2.31. The Bertz CT molecular complexity index is 739. The van der Waals surface area contributed by atoms with E-state index in [4.69, 9.17) is 0 Å². The van der Waals surface area contributed by atoms with Gasteiger partial charge in [0.05, 0.1) is 0 Å². The fraction of sp³-hybridized carbons (Fsp3) is 0.579. The Balaban J connectivity index is 1.88. The number of piperazine rings is 1. The van der Waals surface area contributed by atoms with Gasteiger partial charge in [0.2, 0.25) is 5.91 Å². The van der Waals surface area contributed by atoms with Crippen LogP contribution in [-0.4, -0.2) is 65.8 Å². The van der Waals surface area contributed by atoms with Crippen LogP contribution in [-0.2, 0) is 4.79 Å². The first-order chi connectivity index (χ1) is 13.6. The minimum Gasteiger partial charge on any atom is -0.352 e. The number of rotatable bonds is 6. The van der Waals surface area contributed by atoms with E-state index in [0.717, 1.165) is 13.3 Å². The molecule has 1 aliphatic rings. The average molecular weight is 413 g/mol. The van der Waals surface area contributed by atoms with Crippen LogP contribution in [0, 0.1) is 5.92 Å². The Hall–Kier alpha value is -2.65. The van der Waals surface area contributed by atoms with Gasteiger partial charge in [-0.15, -0.1) is 10.2 Å². The van der Waals surface area contributed by atoms with Gasteiger partial charge < -0.3 is 15.1 Å². The van der Waals surface area contributed by atoms with Crippen molar-refractivity contribution in [1.29, 1.82) is 0 Å². The number of aromatic nitrogens is 2. The number of alkyl halides is 3. The molecule has 0 unspecified atom stereocenters. The number of carbonyl (C=O) groups excluding carboxylic acids is 2. The van der Waals surface area contributed by atoms with Crippen LogP contribution in [0.4, 0.5) is 19.0 Å². The topological polar surface area (TPSA) is 78.4 Å². The third kappa shape index (κ3) is 6.72. The molecule has 160 valence electrons. The van der Waals surface area contributed by atoms with Crippen molar-refractivity contribution in [2.24, 2.45) is 5.92 Å². The summed E-state index contributed by atoms with van der Waals surface area (Å²) in [5.74, 6) is 0.103. The molecular weight excluding hydrogens is 387 g/mol.